The van der Waals surface area contributed by atoms with Gasteiger partial charge in [0.25, 0.3) is 0 Å². The Morgan fingerprint density at radius 3 is 2.71 bits per heavy atom. The molecule has 0 unspecified atom stereocenters. The number of para-hydroxylation sites is 1. The zero-order valence-corrected chi connectivity index (χ0v) is 13.5. The van der Waals surface area contributed by atoms with Crippen LogP contribution in [0.4, 0.5) is 0 Å². The second-order valence-corrected chi connectivity index (χ2v) is 5.85. The van der Waals surface area contributed by atoms with E-state index in [4.69, 9.17) is 11.5 Å². The first-order valence-electron chi connectivity index (χ1n) is 8.06. The highest BCUT2D eigenvalue weighted by Crippen LogP contribution is 2.19. The molecule has 2 atom stereocenters. The molecule has 0 saturated heterocycles. The van der Waals surface area contributed by atoms with E-state index < -0.39 is 24.0 Å². The fraction of sp³-hybridized carbons (Fsp3) is 0.412. The maximum absolute atomic E-state index is 12.1. The number of carboxylic acids is 1. The molecule has 0 aliphatic rings. The lowest BCUT2D eigenvalue weighted by molar-refractivity contribution is -0.142. The van der Waals surface area contributed by atoms with E-state index in [0.717, 1.165) is 29.3 Å². The predicted octanol–water partition coefficient (Wildman–Crippen LogP) is 0.736. The monoisotopic (exact) mass is 332 g/mol. The highest BCUT2D eigenvalue weighted by atomic mass is 16.4. The van der Waals surface area contributed by atoms with E-state index >= 15 is 0 Å². The zero-order chi connectivity index (χ0) is 17.5. The second-order valence-electron chi connectivity index (χ2n) is 5.85. The number of unbranched alkanes of at least 4 members (excludes halogenated alkanes) is 1. The summed E-state index contributed by atoms with van der Waals surface area (Å²) in [6.45, 7) is 0.548. The molecule has 0 saturated carbocycles. The summed E-state index contributed by atoms with van der Waals surface area (Å²) in [4.78, 5) is 26.7. The average molecular weight is 332 g/mol. The van der Waals surface area contributed by atoms with Crippen LogP contribution < -0.4 is 16.8 Å². The van der Waals surface area contributed by atoms with E-state index in [-0.39, 0.29) is 6.42 Å². The van der Waals surface area contributed by atoms with Gasteiger partial charge in [0.05, 0.1) is 6.04 Å². The summed E-state index contributed by atoms with van der Waals surface area (Å²) in [5.41, 5.74) is 13.0. The number of aromatic nitrogens is 1. The molecule has 7 N–H and O–H groups in total. The van der Waals surface area contributed by atoms with Crippen LogP contribution in [0.25, 0.3) is 10.9 Å². The highest BCUT2D eigenvalue weighted by Gasteiger charge is 2.24. The standard InChI is InChI=1S/C17H24N4O3/c18-8-4-3-6-13(19)16(22)21-15(17(23)24)9-11-10-20-14-7-2-1-5-12(11)14/h1-2,5,7,10,13,15,20H,3-4,6,8-9,18-19H2,(H,21,22)(H,23,24)/t13-,15+/m1/s1. The van der Waals surface area contributed by atoms with E-state index in [2.05, 4.69) is 10.3 Å². The topological polar surface area (TPSA) is 134 Å². The molecule has 1 heterocycles. The van der Waals surface area contributed by atoms with Crippen LogP contribution in [-0.4, -0.2) is 40.6 Å². The maximum Gasteiger partial charge on any atom is 0.326 e. The summed E-state index contributed by atoms with van der Waals surface area (Å²) < 4.78 is 0. The molecule has 7 heteroatoms. The average Bonchev–Trinajstić information content (AvgIpc) is 2.97. The van der Waals surface area contributed by atoms with Gasteiger partial charge < -0.3 is 26.9 Å². The van der Waals surface area contributed by atoms with Crippen molar-refractivity contribution in [3.8, 4) is 0 Å². The Labute approximate surface area is 140 Å². The van der Waals surface area contributed by atoms with Crippen molar-refractivity contribution in [2.24, 2.45) is 11.5 Å². The van der Waals surface area contributed by atoms with Gasteiger partial charge in [-0.15, -0.1) is 0 Å². The number of carboxylic acid groups (broad SMARTS) is 1. The van der Waals surface area contributed by atoms with Crippen molar-refractivity contribution in [3.63, 3.8) is 0 Å². The minimum Gasteiger partial charge on any atom is -0.480 e. The lowest BCUT2D eigenvalue weighted by Crippen LogP contribution is -2.49. The Morgan fingerprint density at radius 2 is 2.00 bits per heavy atom. The predicted molar refractivity (Wildman–Crippen MR) is 92.5 cm³/mol. The van der Waals surface area contributed by atoms with Crippen LogP contribution in [-0.2, 0) is 16.0 Å². The van der Waals surface area contributed by atoms with E-state index in [9.17, 15) is 14.7 Å². The zero-order valence-electron chi connectivity index (χ0n) is 13.5. The van der Waals surface area contributed by atoms with Crippen LogP contribution in [0.1, 0.15) is 24.8 Å². The number of aromatic amines is 1. The van der Waals surface area contributed by atoms with Crippen molar-refractivity contribution in [2.45, 2.75) is 37.8 Å². The third-order valence-corrected chi connectivity index (χ3v) is 4.02. The number of hydrogen-bond acceptors (Lipinski definition) is 4. The van der Waals surface area contributed by atoms with Crippen molar-refractivity contribution < 1.29 is 14.7 Å². The Balaban J connectivity index is 2.02. The summed E-state index contributed by atoms with van der Waals surface area (Å²) >= 11 is 0. The van der Waals surface area contributed by atoms with Gasteiger partial charge in [0, 0.05) is 23.5 Å². The third kappa shape index (κ3) is 4.56. The normalized spacial score (nSPS) is 13.6. The van der Waals surface area contributed by atoms with Crippen molar-refractivity contribution in [2.75, 3.05) is 6.54 Å². The molecule has 1 amide bonds. The minimum atomic E-state index is -1.08. The van der Waals surface area contributed by atoms with E-state index in [0.29, 0.717) is 13.0 Å². The fourth-order valence-electron chi connectivity index (χ4n) is 2.64. The number of nitrogens with one attached hydrogen (secondary N) is 2. The first-order chi connectivity index (χ1) is 11.5. The van der Waals surface area contributed by atoms with Gasteiger partial charge in [0.2, 0.25) is 5.91 Å². The molecular formula is C17H24N4O3. The Hall–Kier alpha value is -2.38. The molecule has 7 nitrogen and oxygen atoms in total. The van der Waals surface area contributed by atoms with Crippen molar-refractivity contribution >= 4 is 22.8 Å². The van der Waals surface area contributed by atoms with Crippen molar-refractivity contribution in [3.05, 3.63) is 36.0 Å². The number of benzene rings is 1. The van der Waals surface area contributed by atoms with Crippen LogP contribution in [0.2, 0.25) is 0 Å². The quantitative estimate of drug-likeness (QED) is 0.432. The molecule has 1 aromatic heterocycles. The molecule has 0 radical (unpaired) electrons. The van der Waals surface area contributed by atoms with E-state index in [1.165, 1.54) is 0 Å². The first-order valence-corrected chi connectivity index (χ1v) is 8.06. The maximum atomic E-state index is 12.1. The number of nitrogens with two attached hydrogens (primary N) is 2. The van der Waals surface area contributed by atoms with Gasteiger partial charge in [0.15, 0.2) is 0 Å². The molecule has 0 spiro atoms. The van der Waals surface area contributed by atoms with Crippen LogP contribution >= 0.6 is 0 Å². The number of carbonyl (C=O) groups excluding carboxylic acids is 1. The van der Waals surface area contributed by atoms with Gasteiger partial charge >= 0.3 is 5.97 Å². The van der Waals surface area contributed by atoms with Crippen LogP contribution in [0.15, 0.2) is 30.5 Å². The molecule has 0 aliphatic heterocycles. The lowest BCUT2D eigenvalue weighted by atomic mass is 10.0. The number of H-pyrrole nitrogens is 1. The minimum absolute atomic E-state index is 0.195. The van der Waals surface area contributed by atoms with Crippen LogP contribution in [0.3, 0.4) is 0 Å². The molecular weight excluding hydrogens is 308 g/mol. The van der Waals surface area contributed by atoms with E-state index in [1.807, 2.05) is 24.3 Å². The molecule has 2 rings (SSSR count). The molecule has 2 aromatic rings. The first kappa shape index (κ1) is 18.0. The SMILES string of the molecule is NCCCC[C@@H](N)C(=O)N[C@@H](Cc1c[nH]c2ccccc12)C(=O)O. The van der Waals surface area contributed by atoms with Gasteiger partial charge in [-0.05, 0) is 31.0 Å². The Morgan fingerprint density at radius 1 is 1.25 bits per heavy atom. The number of hydrogen-bond donors (Lipinski definition) is 5. The van der Waals surface area contributed by atoms with Crippen LogP contribution in [0, 0.1) is 0 Å². The van der Waals surface area contributed by atoms with Crippen LogP contribution in [0.5, 0.6) is 0 Å². The second kappa shape index (κ2) is 8.47. The summed E-state index contributed by atoms with van der Waals surface area (Å²) in [5.74, 6) is -1.53. The van der Waals surface area contributed by atoms with Gasteiger partial charge in [-0.25, -0.2) is 4.79 Å². The number of fused-ring (bicyclic) bond motifs is 1. The fourth-order valence-corrected chi connectivity index (χ4v) is 2.64. The number of rotatable bonds is 9. The van der Waals surface area contributed by atoms with Gasteiger partial charge in [-0.3, -0.25) is 4.79 Å². The number of amides is 1. The Kier molecular flexibility index (Phi) is 6.34. The molecule has 0 fully saturated rings. The molecule has 24 heavy (non-hydrogen) atoms. The highest BCUT2D eigenvalue weighted by molar-refractivity contribution is 5.88. The van der Waals surface area contributed by atoms with Crippen molar-refractivity contribution in [1.82, 2.24) is 10.3 Å². The number of carbonyl (C=O) groups is 2. The summed E-state index contributed by atoms with van der Waals surface area (Å²) in [6.07, 6.45) is 3.99. The van der Waals surface area contributed by atoms with Crippen molar-refractivity contribution in [1.29, 1.82) is 0 Å². The van der Waals surface area contributed by atoms with Gasteiger partial charge in [-0.1, -0.05) is 24.6 Å². The Bertz CT molecular complexity index is 698. The van der Waals surface area contributed by atoms with Gasteiger partial charge in [0.1, 0.15) is 6.04 Å². The third-order valence-electron chi connectivity index (χ3n) is 4.02. The smallest absolute Gasteiger partial charge is 0.326 e. The molecule has 130 valence electrons. The molecule has 1 aromatic carbocycles. The summed E-state index contributed by atoms with van der Waals surface area (Å²) in [7, 11) is 0. The van der Waals surface area contributed by atoms with Gasteiger partial charge in [-0.2, -0.15) is 0 Å². The molecule has 0 bridgehead atoms. The largest absolute Gasteiger partial charge is 0.480 e. The van der Waals surface area contributed by atoms with E-state index in [1.54, 1.807) is 6.20 Å². The molecule has 0 aliphatic carbocycles. The summed E-state index contributed by atoms with van der Waals surface area (Å²) in [5, 5.41) is 12.9. The number of aliphatic carboxylic acids is 1. The lowest BCUT2D eigenvalue weighted by Gasteiger charge is -2.17. The summed E-state index contributed by atoms with van der Waals surface area (Å²) in [6, 6.07) is 5.89.